The van der Waals surface area contributed by atoms with E-state index in [1.165, 1.54) is 11.1 Å². The summed E-state index contributed by atoms with van der Waals surface area (Å²) in [6.45, 7) is 12.4. The van der Waals surface area contributed by atoms with Crippen LogP contribution in [0.4, 0.5) is 0 Å². The van der Waals surface area contributed by atoms with Gasteiger partial charge in [-0.15, -0.1) is 24.0 Å². The SMILES string of the molecule is CCNC(=NCC1CCCOC1c1ccc(C)cc1)NCCN1CCOCC1.I. The lowest BCUT2D eigenvalue weighted by Crippen LogP contribution is -2.44. The summed E-state index contributed by atoms with van der Waals surface area (Å²) >= 11 is 0. The normalized spacial score (nSPS) is 23.3. The summed E-state index contributed by atoms with van der Waals surface area (Å²) in [5.74, 6) is 1.33. The largest absolute Gasteiger partial charge is 0.379 e. The fraction of sp³-hybridized carbons (Fsp3) is 0.682. The van der Waals surface area contributed by atoms with Gasteiger partial charge in [-0.05, 0) is 32.3 Å². The van der Waals surface area contributed by atoms with Crippen LogP contribution in [0.25, 0.3) is 0 Å². The molecule has 2 unspecified atom stereocenters. The maximum Gasteiger partial charge on any atom is 0.191 e. The number of aliphatic imine (C=N–C) groups is 1. The maximum absolute atomic E-state index is 6.14. The first-order valence-corrected chi connectivity index (χ1v) is 10.8. The highest BCUT2D eigenvalue weighted by Crippen LogP contribution is 2.33. The molecule has 2 fully saturated rings. The van der Waals surface area contributed by atoms with Gasteiger partial charge in [-0.2, -0.15) is 0 Å². The molecule has 0 bridgehead atoms. The Balaban J connectivity index is 0.00000300. The zero-order valence-electron chi connectivity index (χ0n) is 17.9. The zero-order chi connectivity index (χ0) is 19.6. The molecule has 29 heavy (non-hydrogen) atoms. The molecule has 6 nitrogen and oxygen atoms in total. The lowest BCUT2D eigenvalue weighted by molar-refractivity contribution is -0.0250. The summed E-state index contributed by atoms with van der Waals surface area (Å²) in [5.41, 5.74) is 2.56. The van der Waals surface area contributed by atoms with Gasteiger partial charge in [0.1, 0.15) is 0 Å². The van der Waals surface area contributed by atoms with Crippen molar-refractivity contribution in [1.29, 1.82) is 0 Å². The van der Waals surface area contributed by atoms with E-state index in [1.54, 1.807) is 0 Å². The predicted molar refractivity (Wildman–Crippen MR) is 129 cm³/mol. The second kappa shape index (κ2) is 13.4. The number of ether oxygens (including phenoxy) is 2. The molecule has 164 valence electrons. The summed E-state index contributed by atoms with van der Waals surface area (Å²) in [4.78, 5) is 7.32. The Morgan fingerprint density at radius 2 is 1.90 bits per heavy atom. The quantitative estimate of drug-likeness (QED) is 0.332. The van der Waals surface area contributed by atoms with Gasteiger partial charge in [-0.3, -0.25) is 9.89 Å². The summed E-state index contributed by atoms with van der Waals surface area (Å²) in [7, 11) is 0. The average molecular weight is 516 g/mol. The lowest BCUT2D eigenvalue weighted by Gasteiger charge is -2.31. The maximum atomic E-state index is 6.14. The van der Waals surface area contributed by atoms with Crippen molar-refractivity contribution in [3.8, 4) is 0 Å². The van der Waals surface area contributed by atoms with E-state index in [1.807, 2.05) is 0 Å². The Bertz CT molecular complexity index is 605. The molecule has 2 N–H and O–H groups in total. The van der Waals surface area contributed by atoms with E-state index >= 15 is 0 Å². The van der Waals surface area contributed by atoms with Crippen molar-refractivity contribution >= 4 is 29.9 Å². The molecule has 3 rings (SSSR count). The van der Waals surface area contributed by atoms with Crippen molar-refractivity contribution in [1.82, 2.24) is 15.5 Å². The second-order valence-corrected chi connectivity index (χ2v) is 7.70. The van der Waals surface area contributed by atoms with Gasteiger partial charge < -0.3 is 20.1 Å². The molecule has 1 aromatic rings. The van der Waals surface area contributed by atoms with Crippen molar-refractivity contribution < 1.29 is 9.47 Å². The van der Waals surface area contributed by atoms with Crippen LogP contribution in [0.1, 0.15) is 37.0 Å². The molecule has 2 heterocycles. The first kappa shape index (κ1) is 24.4. The molecule has 0 spiro atoms. The minimum atomic E-state index is 0. The lowest BCUT2D eigenvalue weighted by atomic mass is 9.89. The monoisotopic (exact) mass is 516 g/mol. The van der Waals surface area contributed by atoms with Crippen molar-refractivity contribution in [2.45, 2.75) is 32.8 Å². The number of hydrogen-bond acceptors (Lipinski definition) is 4. The summed E-state index contributed by atoms with van der Waals surface area (Å²) in [6, 6.07) is 8.75. The van der Waals surface area contributed by atoms with Crippen LogP contribution >= 0.6 is 24.0 Å². The highest BCUT2D eigenvalue weighted by Gasteiger charge is 2.27. The van der Waals surface area contributed by atoms with Gasteiger partial charge in [-0.25, -0.2) is 0 Å². The van der Waals surface area contributed by atoms with Crippen LogP contribution in [0.15, 0.2) is 29.3 Å². The third-order valence-corrected chi connectivity index (χ3v) is 5.50. The van der Waals surface area contributed by atoms with Crippen LogP contribution in [0.5, 0.6) is 0 Å². The van der Waals surface area contributed by atoms with E-state index in [2.05, 4.69) is 53.6 Å². The van der Waals surface area contributed by atoms with Gasteiger partial charge in [0.25, 0.3) is 0 Å². The summed E-state index contributed by atoms with van der Waals surface area (Å²) in [6.07, 6.45) is 2.42. The van der Waals surface area contributed by atoms with Crippen LogP contribution in [0, 0.1) is 12.8 Å². The van der Waals surface area contributed by atoms with E-state index in [0.717, 1.165) is 77.9 Å². The number of benzene rings is 1. The molecule has 2 atom stereocenters. The Kier molecular flexibility index (Phi) is 11.3. The van der Waals surface area contributed by atoms with Gasteiger partial charge in [0.05, 0.1) is 19.3 Å². The first-order chi connectivity index (χ1) is 13.8. The van der Waals surface area contributed by atoms with Crippen LogP contribution in [-0.4, -0.2) is 69.9 Å². The molecule has 1 aromatic carbocycles. The molecule has 0 radical (unpaired) electrons. The van der Waals surface area contributed by atoms with Gasteiger partial charge in [0.2, 0.25) is 0 Å². The third-order valence-electron chi connectivity index (χ3n) is 5.50. The Labute approximate surface area is 192 Å². The standard InChI is InChI=1S/C22H36N4O2.HI/c1-3-23-22(24-10-11-26-12-15-27-16-13-26)25-17-20-5-4-14-28-21(20)19-8-6-18(2)7-9-19;/h6-9,20-21H,3-5,10-17H2,1-2H3,(H2,23,24,25);1H. The van der Waals surface area contributed by atoms with E-state index in [4.69, 9.17) is 14.5 Å². The van der Waals surface area contributed by atoms with E-state index in [0.29, 0.717) is 5.92 Å². The van der Waals surface area contributed by atoms with Crippen molar-refractivity contribution in [3.63, 3.8) is 0 Å². The number of rotatable bonds is 7. The van der Waals surface area contributed by atoms with E-state index < -0.39 is 0 Å². The minimum Gasteiger partial charge on any atom is -0.379 e. The molecule has 2 aliphatic rings. The number of halogens is 1. The highest BCUT2D eigenvalue weighted by molar-refractivity contribution is 14.0. The predicted octanol–water partition coefficient (Wildman–Crippen LogP) is 2.97. The topological polar surface area (TPSA) is 58.1 Å². The summed E-state index contributed by atoms with van der Waals surface area (Å²) < 4.78 is 11.6. The van der Waals surface area contributed by atoms with Gasteiger partial charge in [0.15, 0.2) is 5.96 Å². The number of nitrogens with one attached hydrogen (secondary N) is 2. The average Bonchev–Trinajstić information content (AvgIpc) is 2.74. The van der Waals surface area contributed by atoms with Crippen LogP contribution in [-0.2, 0) is 9.47 Å². The molecule has 0 saturated carbocycles. The van der Waals surface area contributed by atoms with Gasteiger partial charge >= 0.3 is 0 Å². The molecular formula is C22H37IN4O2. The number of morpholine rings is 1. The van der Waals surface area contributed by atoms with Crippen LogP contribution in [0.3, 0.4) is 0 Å². The van der Waals surface area contributed by atoms with Crippen molar-refractivity contribution in [2.75, 3.05) is 59.1 Å². The Morgan fingerprint density at radius 1 is 1.14 bits per heavy atom. The molecule has 2 aliphatic heterocycles. The van der Waals surface area contributed by atoms with Gasteiger partial charge in [-0.1, -0.05) is 29.8 Å². The fourth-order valence-electron chi connectivity index (χ4n) is 3.86. The van der Waals surface area contributed by atoms with Crippen molar-refractivity contribution in [3.05, 3.63) is 35.4 Å². The third kappa shape index (κ3) is 8.03. The minimum absolute atomic E-state index is 0. The molecule has 0 aromatic heterocycles. The fourth-order valence-corrected chi connectivity index (χ4v) is 3.86. The zero-order valence-corrected chi connectivity index (χ0v) is 20.2. The smallest absolute Gasteiger partial charge is 0.191 e. The molecule has 0 aliphatic carbocycles. The summed E-state index contributed by atoms with van der Waals surface area (Å²) in [5, 5.41) is 6.86. The van der Waals surface area contributed by atoms with Crippen molar-refractivity contribution in [2.24, 2.45) is 10.9 Å². The van der Waals surface area contributed by atoms with Gasteiger partial charge in [0, 0.05) is 51.8 Å². The Hall–Kier alpha value is -0.900. The number of hydrogen-bond donors (Lipinski definition) is 2. The van der Waals surface area contributed by atoms with Crippen LogP contribution < -0.4 is 10.6 Å². The molecule has 7 heteroatoms. The first-order valence-electron chi connectivity index (χ1n) is 10.8. The number of guanidine groups is 1. The number of nitrogens with zero attached hydrogens (tertiary/aromatic N) is 2. The molecular weight excluding hydrogens is 479 g/mol. The molecule has 0 amide bonds. The molecule has 2 saturated heterocycles. The Morgan fingerprint density at radius 3 is 2.62 bits per heavy atom. The van der Waals surface area contributed by atoms with Crippen LogP contribution in [0.2, 0.25) is 0 Å². The highest BCUT2D eigenvalue weighted by atomic mass is 127. The second-order valence-electron chi connectivity index (χ2n) is 7.70. The number of aryl methyl sites for hydroxylation is 1. The van der Waals surface area contributed by atoms with E-state index in [9.17, 15) is 0 Å². The van der Waals surface area contributed by atoms with E-state index in [-0.39, 0.29) is 30.1 Å².